The second kappa shape index (κ2) is 6.09. The van der Waals surface area contributed by atoms with Gasteiger partial charge in [-0.1, -0.05) is 0 Å². The molecule has 2 aliphatic rings. The second-order valence-corrected chi connectivity index (χ2v) is 6.63. The van der Waals surface area contributed by atoms with Crippen molar-refractivity contribution in [2.75, 3.05) is 45.8 Å². The van der Waals surface area contributed by atoms with Gasteiger partial charge in [0.2, 0.25) is 0 Å². The molecule has 0 bridgehead atoms. The van der Waals surface area contributed by atoms with Crippen molar-refractivity contribution >= 4 is 6.09 Å². The first-order chi connectivity index (χ1) is 8.94. The third-order valence-corrected chi connectivity index (χ3v) is 3.70. The molecule has 1 atom stereocenters. The first-order valence-corrected chi connectivity index (χ1v) is 7.35. The molecule has 0 aromatic carbocycles. The van der Waals surface area contributed by atoms with Gasteiger partial charge in [-0.3, -0.25) is 4.90 Å². The topological polar surface area (TPSA) is 44.8 Å². The van der Waals surface area contributed by atoms with E-state index in [0.717, 1.165) is 51.7 Å². The summed E-state index contributed by atoms with van der Waals surface area (Å²) in [5.41, 5.74) is -0.399. The highest BCUT2D eigenvalue weighted by Crippen LogP contribution is 2.14. The van der Waals surface area contributed by atoms with E-state index in [1.807, 2.05) is 25.7 Å². The number of carbonyl (C=O) groups excluding carboxylic acids is 1. The number of hydrogen-bond donors (Lipinski definition) is 1. The molecule has 2 saturated heterocycles. The Hall–Kier alpha value is -0.810. The molecule has 1 amide bonds. The van der Waals surface area contributed by atoms with E-state index in [-0.39, 0.29) is 6.09 Å². The van der Waals surface area contributed by atoms with Crippen LogP contribution < -0.4 is 5.32 Å². The molecule has 0 radical (unpaired) electrons. The lowest BCUT2D eigenvalue weighted by atomic mass is 10.1. The Morgan fingerprint density at radius 3 is 2.47 bits per heavy atom. The fraction of sp³-hybridized carbons (Fsp3) is 0.929. The Morgan fingerprint density at radius 1 is 1.26 bits per heavy atom. The summed E-state index contributed by atoms with van der Waals surface area (Å²) in [6, 6.07) is 0. The van der Waals surface area contributed by atoms with E-state index in [2.05, 4.69) is 10.2 Å². The Bertz CT molecular complexity index is 300. The van der Waals surface area contributed by atoms with Crippen LogP contribution in [0.3, 0.4) is 0 Å². The van der Waals surface area contributed by atoms with E-state index < -0.39 is 5.60 Å². The van der Waals surface area contributed by atoms with Crippen molar-refractivity contribution in [3.63, 3.8) is 0 Å². The molecule has 1 N–H and O–H groups in total. The molecule has 2 fully saturated rings. The highest BCUT2D eigenvalue weighted by atomic mass is 16.6. The van der Waals surface area contributed by atoms with E-state index in [1.54, 1.807) is 0 Å². The predicted octanol–water partition coefficient (Wildman–Crippen LogP) is 1.15. The minimum Gasteiger partial charge on any atom is -0.444 e. The van der Waals surface area contributed by atoms with Gasteiger partial charge in [0.15, 0.2) is 0 Å². The van der Waals surface area contributed by atoms with Gasteiger partial charge in [-0.25, -0.2) is 4.79 Å². The van der Waals surface area contributed by atoms with Gasteiger partial charge in [-0.05, 0) is 46.2 Å². The number of amides is 1. The summed E-state index contributed by atoms with van der Waals surface area (Å²) in [6.07, 6.45) is 1.11. The SMILES string of the molecule is CC(C)(C)OC(=O)N1CCN(C[C@@H]2CCNC2)CC1. The summed E-state index contributed by atoms with van der Waals surface area (Å²) >= 11 is 0. The van der Waals surface area contributed by atoms with Crippen LogP contribution in [0.5, 0.6) is 0 Å². The third kappa shape index (κ3) is 4.66. The van der Waals surface area contributed by atoms with Crippen LogP contribution in [0, 0.1) is 5.92 Å². The number of carbonyl (C=O) groups is 1. The van der Waals surface area contributed by atoms with Crippen LogP contribution in [-0.2, 0) is 4.74 Å². The summed E-state index contributed by atoms with van der Waals surface area (Å²) in [5, 5.41) is 3.40. The summed E-state index contributed by atoms with van der Waals surface area (Å²) in [6.45, 7) is 12.7. The second-order valence-electron chi connectivity index (χ2n) is 6.63. The van der Waals surface area contributed by atoms with Crippen LogP contribution in [0.2, 0.25) is 0 Å². The first-order valence-electron chi connectivity index (χ1n) is 7.35. The molecule has 5 heteroatoms. The van der Waals surface area contributed by atoms with Gasteiger partial charge in [0, 0.05) is 32.7 Å². The van der Waals surface area contributed by atoms with Crippen molar-refractivity contribution in [2.45, 2.75) is 32.8 Å². The van der Waals surface area contributed by atoms with Gasteiger partial charge in [0.1, 0.15) is 5.60 Å². The number of nitrogens with one attached hydrogen (secondary N) is 1. The summed E-state index contributed by atoms with van der Waals surface area (Å²) in [7, 11) is 0. The molecule has 0 aromatic heterocycles. The molecule has 0 aromatic rings. The van der Waals surface area contributed by atoms with Crippen LogP contribution in [0.15, 0.2) is 0 Å². The van der Waals surface area contributed by atoms with Gasteiger partial charge >= 0.3 is 6.09 Å². The van der Waals surface area contributed by atoms with E-state index in [9.17, 15) is 4.79 Å². The molecule has 2 rings (SSSR count). The van der Waals surface area contributed by atoms with Crippen LogP contribution in [0.25, 0.3) is 0 Å². The highest BCUT2D eigenvalue weighted by Gasteiger charge is 2.27. The lowest BCUT2D eigenvalue weighted by Gasteiger charge is -2.36. The zero-order valence-electron chi connectivity index (χ0n) is 12.4. The van der Waals surface area contributed by atoms with Crippen molar-refractivity contribution in [2.24, 2.45) is 5.92 Å². The quantitative estimate of drug-likeness (QED) is 0.817. The zero-order chi connectivity index (χ0) is 13.9. The number of rotatable bonds is 2. The van der Waals surface area contributed by atoms with Crippen LogP contribution >= 0.6 is 0 Å². The molecule has 110 valence electrons. The average Bonchev–Trinajstić information content (AvgIpc) is 2.80. The summed E-state index contributed by atoms with van der Waals surface area (Å²) in [5.74, 6) is 0.785. The maximum atomic E-state index is 11.9. The Morgan fingerprint density at radius 2 is 1.95 bits per heavy atom. The lowest BCUT2D eigenvalue weighted by molar-refractivity contribution is 0.0135. The maximum Gasteiger partial charge on any atom is 0.410 e. The number of piperazine rings is 1. The molecule has 0 unspecified atom stereocenters. The fourth-order valence-electron chi connectivity index (χ4n) is 2.67. The van der Waals surface area contributed by atoms with Crippen molar-refractivity contribution in [3.8, 4) is 0 Å². The number of ether oxygens (including phenoxy) is 1. The van der Waals surface area contributed by atoms with E-state index in [0.29, 0.717) is 0 Å². The third-order valence-electron chi connectivity index (χ3n) is 3.70. The Kier molecular flexibility index (Phi) is 4.68. The summed E-state index contributed by atoms with van der Waals surface area (Å²) in [4.78, 5) is 16.2. The summed E-state index contributed by atoms with van der Waals surface area (Å²) < 4.78 is 5.40. The fourth-order valence-corrected chi connectivity index (χ4v) is 2.67. The molecular formula is C14H27N3O2. The number of nitrogens with zero attached hydrogens (tertiary/aromatic N) is 2. The van der Waals surface area contributed by atoms with Gasteiger partial charge in [-0.15, -0.1) is 0 Å². The Labute approximate surface area is 116 Å². The zero-order valence-corrected chi connectivity index (χ0v) is 12.4. The Balaban J connectivity index is 1.71. The van der Waals surface area contributed by atoms with Gasteiger partial charge in [0.25, 0.3) is 0 Å². The standard InChI is InChI=1S/C14H27N3O2/c1-14(2,3)19-13(18)17-8-6-16(7-9-17)11-12-4-5-15-10-12/h12,15H,4-11H2,1-3H3/t12-/m1/s1. The first kappa shape index (κ1) is 14.6. The monoisotopic (exact) mass is 269 g/mol. The molecule has 2 aliphatic heterocycles. The van der Waals surface area contributed by atoms with E-state index in [4.69, 9.17) is 4.74 Å². The molecule has 19 heavy (non-hydrogen) atoms. The minimum atomic E-state index is -0.399. The largest absolute Gasteiger partial charge is 0.444 e. The van der Waals surface area contributed by atoms with Crippen LogP contribution in [0.1, 0.15) is 27.2 Å². The molecular weight excluding hydrogens is 242 g/mol. The van der Waals surface area contributed by atoms with Crippen LogP contribution in [-0.4, -0.2) is 67.3 Å². The maximum absolute atomic E-state index is 11.9. The minimum absolute atomic E-state index is 0.172. The lowest BCUT2D eigenvalue weighted by Crippen LogP contribution is -2.51. The van der Waals surface area contributed by atoms with Gasteiger partial charge in [-0.2, -0.15) is 0 Å². The normalized spacial score (nSPS) is 25.6. The molecule has 0 aliphatic carbocycles. The van der Waals surface area contributed by atoms with Gasteiger partial charge < -0.3 is 15.0 Å². The van der Waals surface area contributed by atoms with E-state index >= 15 is 0 Å². The molecule has 5 nitrogen and oxygen atoms in total. The smallest absolute Gasteiger partial charge is 0.410 e. The molecule has 0 spiro atoms. The number of hydrogen-bond acceptors (Lipinski definition) is 4. The van der Waals surface area contributed by atoms with Crippen molar-refractivity contribution < 1.29 is 9.53 Å². The molecule has 0 saturated carbocycles. The van der Waals surface area contributed by atoms with Crippen molar-refractivity contribution in [3.05, 3.63) is 0 Å². The van der Waals surface area contributed by atoms with Crippen molar-refractivity contribution in [1.82, 2.24) is 15.1 Å². The predicted molar refractivity (Wildman–Crippen MR) is 75.2 cm³/mol. The molecule has 2 heterocycles. The van der Waals surface area contributed by atoms with Crippen LogP contribution in [0.4, 0.5) is 4.79 Å². The highest BCUT2D eigenvalue weighted by molar-refractivity contribution is 5.68. The van der Waals surface area contributed by atoms with E-state index in [1.165, 1.54) is 6.42 Å². The van der Waals surface area contributed by atoms with Crippen molar-refractivity contribution in [1.29, 1.82) is 0 Å². The average molecular weight is 269 g/mol. The van der Waals surface area contributed by atoms with Gasteiger partial charge in [0.05, 0.1) is 0 Å².